The van der Waals surface area contributed by atoms with Crippen molar-refractivity contribution in [1.82, 2.24) is 5.32 Å². The molecule has 1 saturated carbocycles. The molecule has 1 N–H and O–H groups in total. The molecular weight excluding hydrogens is 267 g/mol. The summed E-state index contributed by atoms with van der Waals surface area (Å²) in [5.74, 6) is -1.05. The van der Waals surface area contributed by atoms with E-state index in [9.17, 15) is 13.2 Å². The second-order valence-electron chi connectivity index (χ2n) is 6.76. The average molecular weight is 291 g/mol. The van der Waals surface area contributed by atoms with Crippen LogP contribution in [0, 0.1) is 11.8 Å². The van der Waals surface area contributed by atoms with Crippen molar-refractivity contribution in [3.8, 4) is 0 Å². The van der Waals surface area contributed by atoms with E-state index in [-0.39, 0.29) is 17.9 Å². The molecule has 2 saturated heterocycles. The molecule has 1 aliphatic carbocycles. The lowest BCUT2D eigenvalue weighted by Gasteiger charge is -2.45. The second kappa shape index (κ2) is 5.48. The van der Waals surface area contributed by atoms with Gasteiger partial charge in [0.1, 0.15) is 0 Å². The van der Waals surface area contributed by atoms with Crippen molar-refractivity contribution in [3.05, 3.63) is 0 Å². The van der Waals surface area contributed by atoms with Crippen LogP contribution in [0.3, 0.4) is 0 Å². The average Bonchev–Trinajstić information content (AvgIpc) is 2.86. The highest BCUT2D eigenvalue weighted by atomic mass is 19.4. The van der Waals surface area contributed by atoms with Crippen molar-refractivity contribution in [2.45, 2.75) is 69.2 Å². The maximum absolute atomic E-state index is 13.2. The Balaban J connectivity index is 1.72. The van der Waals surface area contributed by atoms with Gasteiger partial charge < -0.3 is 10.1 Å². The summed E-state index contributed by atoms with van der Waals surface area (Å²) in [5.41, 5.74) is -0.0990. The predicted octanol–water partition coefficient (Wildman–Crippen LogP) is 3.66. The molecule has 0 amide bonds. The van der Waals surface area contributed by atoms with Gasteiger partial charge in [0.2, 0.25) is 0 Å². The first-order chi connectivity index (χ1) is 9.50. The summed E-state index contributed by atoms with van der Waals surface area (Å²) in [6.07, 6.45) is 2.82. The van der Waals surface area contributed by atoms with Gasteiger partial charge in [0, 0.05) is 12.6 Å². The number of piperidine rings is 1. The smallest absolute Gasteiger partial charge is 0.375 e. The number of halogens is 3. The first-order valence-corrected chi connectivity index (χ1v) is 7.94. The van der Waals surface area contributed by atoms with Gasteiger partial charge in [-0.2, -0.15) is 13.2 Å². The first-order valence-electron chi connectivity index (χ1n) is 7.94. The Morgan fingerprint density at radius 1 is 1.05 bits per heavy atom. The molecule has 5 heteroatoms. The number of hydrogen-bond acceptors (Lipinski definition) is 2. The van der Waals surface area contributed by atoms with E-state index in [1.54, 1.807) is 0 Å². The molecule has 1 spiro atoms. The summed E-state index contributed by atoms with van der Waals surface area (Å²) in [6.45, 7) is 1.36. The third-order valence-electron chi connectivity index (χ3n) is 5.48. The summed E-state index contributed by atoms with van der Waals surface area (Å²) in [7, 11) is 0. The van der Waals surface area contributed by atoms with Gasteiger partial charge >= 0.3 is 6.18 Å². The van der Waals surface area contributed by atoms with E-state index < -0.39 is 18.1 Å². The lowest BCUT2D eigenvalue weighted by molar-refractivity contribution is -0.199. The minimum atomic E-state index is -4.07. The summed E-state index contributed by atoms with van der Waals surface area (Å²) < 4.78 is 45.7. The summed E-state index contributed by atoms with van der Waals surface area (Å²) >= 11 is 0. The zero-order chi connectivity index (χ0) is 14.2. The lowest BCUT2D eigenvalue weighted by atomic mass is 9.74. The molecule has 3 fully saturated rings. The normalized spacial score (nSPS) is 38.2. The van der Waals surface area contributed by atoms with E-state index in [4.69, 9.17) is 4.74 Å². The van der Waals surface area contributed by atoms with Crippen LogP contribution in [0.4, 0.5) is 13.2 Å². The van der Waals surface area contributed by atoms with Crippen LogP contribution < -0.4 is 5.32 Å². The van der Waals surface area contributed by atoms with E-state index in [0.29, 0.717) is 13.0 Å². The molecule has 20 heavy (non-hydrogen) atoms. The minimum absolute atomic E-state index is 0.0990. The second-order valence-corrected chi connectivity index (χ2v) is 6.76. The fourth-order valence-electron chi connectivity index (χ4n) is 4.51. The summed E-state index contributed by atoms with van der Waals surface area (Å²) in [5, 5.41) is 3.18. The molecule has 0 aromatic carbocycles. The monoisotopic (exact) mass is 291 g/mol. The molecule has 3 rings (SSSR count). The van der Waals surface area contributed by atoms with Crippen molar-refractivity contribution in [2.24, 2.45) is 11.8 Å². The van der Waals surface area contributed by atoms with E-state index in [0.717, 1.165) is 45.1 Å². The standard InChI is InChI=1S/C15H24F3NO/c16-15(17,18)12-4-3-8-19-13(12)11-5-9-20-14(10-11)6-1-2-7-14/h11-13,19H,1-10H2. The van der Waals surface area contributed by atoms with Crippen LogP contribution in [0.5, 0.6) is 0 Å². The number of hydrogen-bond donors (Lipinski definition) is 1. The van der Waals surface area contributed by atoms with Crippen LogP contribution in [0.2, 0.25) is 0 Å². The predicted molar refractivity (Wildman–Crippen MR) is 70.4 cm³/mol. The van der Waals surface area contributed by atoms with Crippen LogP contribution in [-0.4, -0.2) is 31.0 Å². The molecule has 2 heterocycles. The summed E-state index contributed by atoms with van der Waals surface area (Å²) in [4.78, 5) is 0. The third-order valence-corrected chi connectivity index (χ3v) is 5.48. The van der Waals surface area contributed by atoms with Crippen molar-refractivity contribution in [1.29, 1.82) is 0 Å². The van der Waals surface area contributed by atoms with E-state index in [1.165, 1.54) is 0 Å². The van der Waals surface area contributed by atoms with Gasteiger partial charge in [0.05, 0.1) is 11.5 Å². The Bertz CT molecular complexity index is 339. The first kappa shape index (κ1) is 14.6. The molecule has 0 radical (unpaired) electrons. The minimum Gasteiger partial charge on any atom is -0.375 e. The lowest BCUT2D eigenvalue weighted by Crippen LogP contribution is -2.54. The van der Waals surface area contributed by atoms with E-state index >= 15 is 0 Å². The van der Waals surface area contributed by atoms with Gasteiger partial charge in [-0.3, -0.25) is 0 Å². The quantitative estimate of drug-likeness (QED) is 0.796. The largest absolute Gasteiger partial charge is 0.393 e. The van der Waals surface area contributed by atoms with Gasteiger partial charge in [-0.15, -0.1) is 0 Å². The number of ether oxygens (including phenoxy) is 1. The number of alkyl halides is 3. The van der Waals surface area contributed by atoms with Crippen molar-refractivity contribution in [2.75, 3.05) is 13.2 Å². The number of nitrogens with one attached hydrogen (secondary N) is 1. The molecule has 2 nitrogen and oxygen atoms in total. The molecular formula is C15H24F3NO. The van der Waals surface area contributed by atoms with Crippen molar-refractivity contribution in [3.63, 3.8) is 0 Å². The van der Waals surface area contributed by atoms with E-state index in [2.05, 4.69) is 5.32 Å². The topological polar surface area (TPSA) is 21.3 Å². The highest BCUT2D eigenvalue weighted by Gasteiger charge is 2.50. The molecule has 2 aliphatic heterocycles. The molecule has 0 bridgehead atoms. The fraction of sp³-hybridized carbons (Fsp3) is 1.00. The Kier molecular flexibility index (Phi) is 4.01. The number of rotatable bonds is 1. The van der Waals surface area contributed by atoms with Crippen LogP contribution in [0.1, 0.15) is 51.4 Å². The summed E-state index contributed by atoms with van der Waals surface area (Å²) in [6, 6.07) is -0.398. The van der Waals surface area contributed by atoms with Gasteiger partial charge in [-0.1, -0.05) is 12.8 Å². The molecule has 3 atom stereocenters. The highest BCUT2D eigenvalue weighted by Crippen LogP contribution is 2.46. The van der Waals surface area contributed by atoms with Gasteiger partial charge in [-0.25, -0.2) is 0 Å². The maximum atomic E-state index is 13.2. The fourth-order valence-corrected chi connectivity index (χ4v) is 4.51. The zero-order valence-electron chi connectivity index (χ0n) is 11.8. The zero-order valence-corrected chi connectivity index (χ0v) is 11.8. The van der Waals surface area contributed by atoms with Crippen LogP contribution in [-0.2, 0) is 4.74 Å². The highest BCUT2D eigenvalue weighted by molar-refractivity contribution is 4.98. The molecule has 3 unspecified atom stereocenters. The maximum Gasteiger partial charge on any atom is 0.393 e. The Morgan fingerprint density at radius 3 is 2.50 bits per heavy atom. The van der Waals surface area contributed by atoms with Crippen LogP contribution >= 0.6 is 0 Å². The third kappa shape index (κ3) is 2.84. The van der Waals surface area contributed by atoms with Crippen LogP contribution in [0.25, 0.3) is 0 Å². The SMILES string of the molecule is FC(F)(F)C1CCCNC1C1CCOC2(CCCC2)C1. The Labute approximate surface area is 118 Å². The Hall–Kier alpha value is -0.290. The van der Waals surface area contributed by atoms with E-state index in [1.807, 2.05) is 0 Å². The van der Waals surface area contributed by atoms with Crippen molar-refractivity contribution >= 4 is 0 Å². The molecule has 0 aromatic heterocycles. The van der Waals surface area contributed by atoms with Crippen LogP contribution in [0.15, 0.2) is 0 Å². The molecule has 3 aliphatic rings. The Morgan fingerprint density at radius 2 is 1.80 bits per heavy atom. The molecule has 0 aromatic rings. The van der Waals surface area contributed by atoms with Crippen molar-refractivity contribution < 1.29 is 17.9 Å². The van der Waals surface area contributed by atoms with Gasteiger partial charge in [0.25, 0.3) is 0 Å². The van der Waals surface area contributed by atoms with Gasteiger partial charge in [-0.05, 0) is 51.0 Å². The van der Waals surface area contributed by atoms with Gasteiger partial charge in [0.15, 0.2) is 0 Å². The molecule has 116 valence electrons.